The molecule has 1 unspecified atom stereocenters. The lowest BCUT2D eigenvalue weighted by Gasteiger charge is -2.10. The van der Waals surface area contributed by atoms with E-state index in [0.717, 1.165) is 22.0 Å². The van der Waals surface area contributed by atoms with Crippen molar-refractivity contribution >= 4 is 44.9 Å². The molecule has 4 aromatic rings. The first-order valence-electron chi connectivity index (χ1n) is 8.30. The summed E-state index contributed by atoms with van der Waals surface area (Å²) in [6, 6.07) is 6.51. The van der Waals surface area contributed by atoms with Gasteiger partial charge >= 0.3 is 0 Å². The summed E-state index contributed by atoms with van der Waals surface area (Å²) in [6.45, 7) is 1.89. The summed E-state index contributed by atoms with van der Waals surface area (Å²) in [5.74, 6) is -0.355. The summed E-state index contributed by atoms with van der Waals surface area (Å²) in [5.41, 5.74) is 3.25. The first-order chi connectivity index (χ1) is 13.5. The van der Waals surface area contributed by atoms with Crippen molar-refractivity contribution in [3.63, 3.8) is 0 Å². The highest BCUT2D eigenvalue weighted by atomic mass is 35.5. The largest absolute Gasteiger partial charge is 0.358 e. The quantitative estimate of drug-likeness (QED) is 0.476. The molecule has 0 aliphatic rings. The number of benzene rings is 1. The van der Waals surface area contributed by atoms with Gasteiger partial charge in [-0.25, -0.2) is 19.3 Å². The van der Waals surface area contributed by atoms with Gasteiger partial charge in [-0.3, -0.25) is 4.21 Å². The van der Waals surface area contributed by atoms with Crippen LogP contribution < -0.4 is 5.32 Å². The fourth-order valence-corrected chi connectivity index (χ4v) is 3.79. The van der Waals surface area contributed by atoms with E-state index in [4.69, 9.17) is 11.6 Å². The van der Waals surface area contributed by atoms with E-state index in [2.05, 4.69) is 25.3 Å². The smallest absolute Gasteiger partial charge is 0.227 e. The number of rotatable bonds is 4. The van der Waals surface area contributed by atoms with Gasteiger partial charge < -0.3 is 10.3 Å². The van der Waals surface area contributed by atoms with E-state index in [-0.39, 0.29) is 16.5 Å². The molecule has 1 atom stereocenters. The molecule has 9 heteroatoms. The first-order valence-corrected chi connectivity index (χ1v) is 10.2. The number of aromatic amines is 1. The Morgan fingerprint density at radius 1 is 1.25 bits per heavy atom. The average Bonchev–Trinajstić information content (AvgIpc) is 3.10. The van der Waals surface area contributed by atoms with Gasteiger partial charge in [-0.05, 0) is 30.7 Å². The Hall–Kier alpha value is -2.84. The van der Waals surface area contributed by atoms with E-state index >= 15 is 0 Å². The van der Waals surface area contributed by atoms with E-state index in [1.165, 1.54) is 12.3 Å². The van der Waals surface area contributed by atoms with E-state index < -0.39 is 16.6 Å². The number of halogens is 2. The molecule has 0 bridgehead atoms. The van der Waals surface area contributed by atoms with Gasteiger partial charge in [-0.2, -0.15) is 0 Å². The van der Waals surface area contributed by atoms with Crippen LogP contribution in [0.25, 0.3) is 22.2 Å². The monoisotopic (exact) mass is 415 g/mol. The maximum absolute atomic E-state index is 14.6. The zero-order valence-corrected chi connectivity index (χ0v) is 16.5. The fourth-order valence-electron chi connectivity index (χ4n) is 2.94. The molecule has 28 heavy (non-hydrogen) atoms. The Balaban J connectivity index is 1.77. The minimum Gasteiger partial charge on any atom is -0.358 e. The van der Waals surface area contributed by atoms with Gasteiger partial charge in [0.2, 0.25) is 5.95 Å². The molecule has 6 nitrogen and oxygen atoms in total. The van der Waals surface area contributed by atoms with Crippen LogP contribution in [0.5, 0.6) is 0 Å². The first kappa shape index (κ1) is 18.5. The second-order valence-electron chi connectivity index (χ2n) is 6.15. The summed E-state index contributed by atoms with van der Waals surface area (Å²) >= 11 is 6.14. The Labute approximate surface area is 167 Å². The van der Waals surface area contributed by atoms with E-state index in [9.17, 15) is 8.60 Å². The number of fused-ring (bicyclic) bond motifs is 1. The van der Waals surface area contributed by atoms with Crippen LogP contribution in [0.1, 0.15) is 5.56 Å². The normalized spacial score (nSPS) is 12.3. The molecule has 0 saturated heterocycles. The van der Waals surface area contributed by atoms with Crippen LogP contribution in [0, 0.1) is 12.7 Å². The number of nitrogens with one attached hydrogen (secondary N) is 2. The number of hydrogen-bond donors (Lipinski definition) is 2. The van der Waals surface area contributed by atoms with E-state index in [1.54, 1.807) is 30.7 Å². The highest BCUT2D eigenvalue weighted by molar-refractivity contribution is 7.84. The number of H-pyrrole nitrogens is 1. The van der Waals surface area contributed by atoms with Gasteiger partial charge in [-0.15, -0.1) is 0 Å². The van der Waals surface area contributed by atoms with Gasteiger partial charge in [0.25, 0.3) is 0 Å². The lowest BCUT2D eigenvalue weighted by molar-refractivity contribution is 0.600. The summed E-state index contributed by atoms with van der Waals surface area (Å²) in [7, 11) is -1.44. The zero-order chi connectivity index (χ0) is 19.8. The number of pyridine rings is 1. The molecule has 142 valence electrons. The van der Waals surface area contributed by atoms with Crippen LogP contribution in [-0.2, 0) is 10.8 Å². The number of hydrogen-bond acceptors (Lipinski definition) is 5. The van der Waals surface area contributed by atoms with Gasteiger partial charge in [0.1, 0.15) is 0 Å². The van der Waals surface area contributed by atoms with E-state index in [0.29, 0.717) is 10.8 Å². The molecular formula is C19H15ClFN5OS. The highest BCUT2D eigenvalue weighted by Crippen LogP contribution is 2.32. The summed E-state index contributed by atoms with van der Waals surface area (Å²) in [6.07, 6.45) is 6.52. The molecule has 2 N–H and O–H groups in total. The molecule has 0 aliphatic carbocycles. The van der Waals surface area contributed by atoms with Crippen molar-refractivity contribution in [1.29, 1.82) is 0 Å². The van der Waals surface area contributed by atoms with Gasteiger partial charge in [0, 0.05) is 35.8 Å². The molecule has 0 fully saturated rings. The summed E-state index contributed by atoms with van der Waals surface area (Å²) in [4.78, 5) is 16.1. The van der Waals surface area contributed by atoms with E-state index in [1.807, 2.05) is 13.0 Å². The Kier molecular flexibility index (Phi) is 4.82. The molecule has 0 spiro atoms. The SMILES string of the molecule is Cc1cnc(Nc2cccc(S(C)=O)c2F)nc1-c1c[nH]c2c(Cl)nccc12. The molecule has 0 radical (unpaired) electrons. The molecule has 0 aliphatic heterocycles. The molecule has 4 rings (SSSR count). The van der Waals surface area contributed by atoms with Crippen LogP contribution in [0.15, 0.2) is 47.8 Å². The van der Waals surface area contributed by atoms with Crippen molar-refractivity contribution in [1.82, 2.24) is 19.9 Å². The Morgan fingerprint density at radius 2 is 2.07 bits per heavy atom. The second-order valence-corrected chi connectivity index (χ2v) is 7.85. The third-order valence-electron chi connectivity index (χ3n) is 4.30. The molecule has 1 aromatic carbocycles. The maximum atomic E-state index is 14.6. The zero-order valence-electron chi connectivity index (χ0n) is 15.0. The topological polar surface area (TPSA) is 83.6 Å². The van der Waals surface area contributed by atoms with Crippen LogP contribution in [0.3, 0.4) is 0 Å². The fraction of sp³-hybridized carbons (Fsp3) is 0.105. The number of aryl methyl sites for hydroxylation is 1. The van der Waals surface area contributed by atoms with Crippen molar-refractivity contribution < 1.29 is 8.60 Å². The van der Waals surface area contributed by atoms with Crippen LogP contribution >= 0.6 is 11.6 Å². The van der Waals surface area contributed by atoms with Gasteiger partial charge in [0.15, 0.2) is 11.0 Å². The molecule has 0 amide bonds. The lowest BCUT2D eigenvalue weighted by Crippen LogP contribution is -2.03. The van der Waals surface area contributed by atoms with Crippen molar-refractivity contribution in [3.8, 4) is 11.3 Å². The van der Waals surface area contributed by atoms with Gasteiger partial charge in [0.05, 0.1) is 32.6 Å². The Morgan fingerprint density at radius 3 is 2.86 bits per heavy atom. The molecule has 0 saturated carbocycles. The van der Waals surface area contributed by atoms with Crippen molar-refractivity contribution in [2.45, 2.75) is 11.8 Å². The third-order valence-corrected chi connectivity index (χ3v) is 5.52. The third kappa shape index (κ3) is 3.25. The predicted octanol–water partition coefficient (Wildman–Crippen LogP) is 4.60. The van der Waals surface area contributed by atoms with Crippen molar-refractivity contribution in [2.75, 3.05) is 11.6 Å². The minimum atomic E-state index is -1.44. The van der Waals surface area contributed by atoms with Gasteiger partial charge in [-0.1, -0.05) is 17.7 Å². The van der Waals surface area contributed by atoms with Crippen LogP contribution in [0.2, 0.25) is 5.15 Å². The standard InChI is InChI=1S/C19H15ClFN5OS/c1-10-8-24-19(25-13-4-3-5-14(15(13)21)28(2)27)26-16(10)12-9-23-17-11(12)6-7-22-18(17)20/h3-9,23H,1-2H3,(H,24,25,26). The molecule has 3 heterocycles. The molecular weight excluding hydrogens is 401 g/mol. The number of aromatic nitrogens is 4. The number of anilines is 2. The van der Waals surface area contributed by atoms with Crippen LogP contribution in [-0.4, -0.2) is 30.4 Å². The van der Waals surface area contributed by atoms with Crippen LogP contribution in [0.4, 0.5) is 16.0 Å². The molecule has 3 aromatic heterocycles. The summed E-state index contributed by atoms with van der Waals surface area (Å²) < 4.78 is 26.2. The van der Waals surface area contributed by atoms with Crippen molar-refractivity contribution in [2.24, 2.45) is 0 Å². The van der Waals surface area contributed by atoms with Crippen molar-refractivity contribution in [3.05, 3.63) is 59.4 Å². The summed E-state index contributed by atoms with van der Waals surface area (Å²) in [5, 5.41) is 4.13. The maximum Gasteiger partial charge on any atom is 0.227 e. The predicted molar refractivity (Wildman–Crippen MR) is 109 cm³/mol. The number of nitrogens with zero attached hydrogens (tertiary/aromatic N) is 3. The lowest BCUT2D eigenvalue weighted by atomic mass is 10.1. The average molecular weight is 416 g/mol. The minimum absolute atomic E-state index is 0.121. The second kappa shape index (κ2) is 7.29. The Bertz CT molecular complexity index is 1230. The highest BCUT2D eigenvalue weighted by Gasteiger charge is 2.15.